The summed E-state index contributed by atoms with van der Waals surface area (Å²) in [5.74, 6) is 0.868. The molecule has 2 N–H and O–H groups in total. The Hall–Kier alpha value is -3.48. The van der Waals surface area contributed by atoms with E-state index in [1.807, 2.05) is 19.2 Å². The number of benzene rings is 2. The number of ether oxygens (including phenoxy) is 1. The molecule has 2 aromatic carbocycles. The molecule has 6 heteroatoms. The van der Waals surface area contributed by atoms with Gasteiger partial charge in [0.1, 0.15) is 11.3 Å². The van der Waals surface area contributed by atoms with Crippen molar-refractivity contribution in [1.82, 2.24) is 24.8 Å². The van der Waals surface area contributed by atoms with Gasteiger partial charge >= 0.3 is 0 Å². The van der Waals surface area contributed by atoms with Gasteiger partial charge in [0.05, 0.1) is 6.61 Å². The van der Waals surface area contributed by atoms with Gasteiger partial charge in [0.2, 0.25) is 0 Å². The summed E-state index contributed by atoms with van der Waals surface area (Å²) in [7, 11) is 3.95. The molecule has 0 saturated heterocycles. The van der Waals surface area contributed by atoms with Gasteiger partial charge in [-0.15, -0.1) is 0 Å². The number of methoxy groups -OCH3 is 1. The number of fused-ring (bicyclic) bond motifs is 2. The number of nitrogens with one attached hydrogen (secondary N) is 2. The highest BCUT2D eigenvalue weighted by atomic mass is 16.5. The van der Waals surface area contributed by atoms with Gasteiger partial charge in [-0.2, -0.15) is 0 Å². The van der Waals surface area contributed by atoms with Gasteiger partial charge in [-0.25, -0.2) is 9.97 Å². The maximum Gasteiger partial charge on any atom is 0.158 e. The smallest absolute Gasteiger partial charge is 0.158 e. The Bertz CT molecular complexity index is 1370. The van der Waals surface area contributed by atoms with Crippen LogP contribution in [0.5, 0.6) is 0 Å². The van der Waals surface area contributed by atoms with Crippen molar-refractivity contribution in [2.24, 2.45) is 0 Å². The standard InChI is InChI=1S/C27H29N5O/c1-18-29-26-23(11-12-28-27(26)30-18)25-15-21-13-20(9-10-24(21)31-25)16-32(2)22(17-33-3)14-19-7-5-4-6-8-19/h4-13,15,22,31H,14,16-17H2,1-3H3,(H,28,29,30)/t22-/m1/s1. The third-order valence-electron chi connectivity index (χ3n) is 6.21. The van der Waals surface area contributed by atoms with Crippen molar-refractivity contribution < 1.29 is 4.74 Å². The average molecular weight is 440 g/mol. The van der Waals surface area contributed by atoms with Crippen LogP contribution < -0.4 is 0 Å². The summed E-state index contributed by atoms with van der Waals surface area (Å²) in [5, 5.41) is 1.19. The van der Waals surface area contributed by atoms with Gasteiger partial charge in [-0.05, 0) is 55.8 Å². The molecule has 6 nitrogen and oxygen atoms in total. The molecule has 3 heterocycles. The fourth-order valence-electron chi connectivity index (χ4n) is 4.51. The zero-order valence-corrected chi connectivity index (χ0v) is 19.3. The highest BCUT2D eigenvalue weighted by Gasteiger charge is 2.17. The summed E-state index contributed by atoms with van der Waals surface area (Å²) in [6, 6.07) is 21.8. The minimum atomic E-state index is 0.308. The molecule has 0 amide bonds. The van der Waals surface area contributed by atoms with Crippen LogP contribution in [0.1, 0.15) is 17.0 Å². The number of aryl methyl sites for hydroxylation is 1. The Morgan fingerprint density at radius 1 is 1.00 bits per heavy atom. The number of rotatable bonds is 8. The van der Waals surface area contributed by atoms with Crippen LogP contribution in [0.15, 0.2) is 66.9 Å². The molecule has 0 aliphatic heterocycles. The number of hydrogen-bond donors (Lipinski definition) is 2. The Balaban J connectivity index is 1.39. The van der Waals surface area contributed by atoms with Crippen LogP contribution in [-0.4, -0.2) is 51.6 Å². The van der Waals surface area contributed by atoms with Crippen molar-refractivity contribution in [2.45, 2.75) is 25.9 Å². The molecule has 0 aliphatic carbocycles. The van der Waals surface area contributed by atoms with E-state index in [1.165, 1.54) is 16.5 Å². The summed E-state index contributed by atoms with van der Waals surface area (Å²) in [6.45, 7) is 3.51. The monoisotopic (exact) mass is 439 g/mol. The van der Waals surface area contributed by atoms with Crippen LogP contribution in [0, 0.1) is 6.92 Å². The van der Waals surface area contributed by atoms with E-state index in [2.05, 4.69) is 86.5 Å². The van der Waals surface area contributed by atoms with Crippen molar-refractivity contribution in [1.29, 1.82) is 0 Å². The van der Waals surface area contributed by atoms with Crippen LogP contribution in [0.25, 0.3) is 33.3 Å². The zero-order valence-electron chi connectivity index (χ0n) is 19.3. The van der Waals surface area contributed by atoms with Gasteiger partial charge in [-0.1, -0.05) is 36.4 Å². The van der Waals surface area contributed by atoms with Crippen molar-refractivity contribution in [2.75, 3.05) is 20.8 Å². The SMILES string of the molecule is COC[C@@H](Cc1ccccc1)N(C)Cc1ccc2[nH]c(-c3ccnc4[nH]c(C)nc34)cc2c1. The number of likely N-dealkylation sites (N-methyl/N-ethyl adjacent to an activating group) is 1. The Kier molecular flexibility index (Phi) is 5.94. The quantitative estimate of drug-likeness (QED) is 0.353. The van der Waals surface area contributed by atoms with Gasteiger partial charge in [0, 0.05) is 48.1 Å². The Labute approximate surface area is 193 Å². The fraction of sp³-hybridized carbons (Fsp3) is 0.259. The summed E-state index contributed by atoms with van der Waals surface area (Å²) < 4.78 is 5.53. The van der Waals surface area contributed by atoms with Crippen molar-refractivity contribution in [3.05, 3.63) is 83.8 Å². The maximum absolute atomic E-state index is 5.53. The second kappa shape index (κ2) is 9.17. The van der Waals surface area contributed by atoms with Crippen molar-refractivity contribution >= 4 is 22.1 Å². The second-order valence-electron chi connectivity index (χ2n) is 8.70. The molecule has 3 aromatic heterocycles. The lowest BCUT2D eigenvalue weighted by molar-refractivity contribution is 0.102. The molecular weight excluding hydrogens is 410 g/mol. The lowest BCUT2D eigenvalue weighted by atomic mass is 10.0. The van der Waals surface area contributed by atoms with Gasteiger partial charge in [-0.3, -0.25) is 4.90 Å². The Morgan fingerprint density at radius 2 is 1.85 bits per heavy atom. The number of aromatic nitrogens is 4. The first-order chi connectivity index (χ1) is 16.1. The molecule has 168 valence electrons. The van der Waals surface area contributed by atoms with Gasteiger partial charge < -0.3 is 14.7 Å². The fourth-order valence-corrected chi connectivity index (χ4v) is 4.51. The van der Waals surface area contributed by atoms with Crippen LogP contribution >= 0.6 is 0 Å². The van der Waals surface area contributed by atoms with Crippen LogP contribution in [0.2, 0.25) is 0 Å². The van der Waals surface area contributed by atoms with Crippen LogP contribution in [0.3, 0.4) is 0 Å². The van der Waals surface area contributed by atoms with E-state index in [0.717, 1.165) is 46.7 Å². The summed E-state index contributed by atoms with van der Waals surface area (Å²) >= 11 is 0. The zero-order chi connectivity index (χ0) is 22.8. The molecule has 0 aliphatic rings. The van der Waals surface area contributed by atoms with Gasteiger partial charge in [0.15, 0.2) is 5.65 Å². The molecule has 0 bridgehead atoms. The number of H-pyrrole nitrogens is 2. The van der Waals surface area contributed by atoms with Gasteiger partial charge in [0.25, 0.3) is 0 Å². The average Bonchev–Trinajstić information content (AvgIpc) is 3.41. The maximum atomic E-state index is 5.53. The highest BCUT2D eigenvalue weighted by molar-refractivity contribution is 5.94. The van der Waals surface area contributed by atoms with Crippen molar-refractivity contribution in [3.63, 3.8) is 0 Å². The van der Waals surface area contributed by atoms with E-state index >= 15 is 0 Å². The largest absolute Gasteiger partial charge is 0.383 e. The molecule has 33 heavy (non-hydrogen) atoms. The first kappa shape index (κ1) is 21.4. The lowest BCUT2D eigenvalue weighted by Crippen LogP contribution is -2.36. The van der Waals surface area contributed by atoms with E-state index in [0.29, 0.717) is 12.6 Å². The lowest BCUT2D eigenvalue weighted by Gasteiger charge is -2.28. The predicted molar refractivity (Wildman–Crippen MR) is 133 cm³/mol. The highest BCUT2D eigenvalue weighted by Crippen LogP contribution is 2.29. The van der Waals surface area contributed by atoms with E-state index in [4.69, 9.17) is 4.74 Å². The number of pyridine rings is 1. The summed E-state index contributed by atoms with van der Waals surface area (Å²) in [5.41, 5.74) is 7.54. The van der Waals surface area contributed by atoms with E-state index in [9.17, 15) is 0 Å². The molecule has 5 aromatic rings. The molecule has 0 saturated carbocycles. The third-order valence-corrected chi connectivity index (χ3v) is 6.21. The molecule has 0 unspecified atom stereocenters. The number of imidazole rings is 1. The minimum absolute atomic E-state index is 0.308. The molecule has 0 fully saturated rings. The molecule has 0 radical (unpaired) electrons. The predicted octanol–water partition coefficient (Wildman–Crippen LogP) is 5.10. The third kappa shape index (κ3) is 4.53. The molecular formula is C27H29N5O. The number of hydrogen-bond acceptors (Lipinski definition) is 4. The van der Waals surface area contributed by atoms with Crippen LogP contribution in [-0.2, 0) is 17.7 Å². The summed E-state index contributed by atoms with van der Waals surface area (Å²) in [4.78, 5) is 18.2. The van der Waals surface area contributed by atoms with Crippen LogP contribution in [0.4, 0.5) is 0 Å². The number of aromatic amines is 2. The Morgan fingerprint density at radius 3 is 2.67 bits per heavy atom. The van der Waals surface area contributed by atoms with E-state index < -0.39 is 0 Å². The topological polar surface area (TPSA) is 69.8 Å². The molecule has 5 rings (SSSR count). The first-order valence-corrected chi connectivity index (χ1v) is 11.3. The van der Waals surface area contributed by atoms with E-state index in [-0.39, 0.29) is 0 Å². The van der Waals surface area contributed by atoms with Crippen molar-refractivity contribution in [3.8, 4) is 11.3 Å². The summed E-state index contributed by atoms with van der Waals surface area (Å²) in [6.07, 6.45) is 2.78. The molecule has 0 spiro atoms. The molecule has 1 atom stereocenters. The minimum Gasteiger partial charge on any atom is -0.383 e. The van der Waals surface area contributed by atoms with E-state index in [1.54, 1.807) is 7.11 Å². The normalized spacial score (nSPS) is 12.7. The first-order valence-electron chi connectivity index (χ1n) is 11.3. The second-order valence-corrected chi connectivity index (χ2v) is 8.70. The number of nitrogens with zero attached hydrogens (tertiary/aromatic N) is 3.